The van der Waals surface area contributed by atoms with Gasteiger partial charge in [-0.15, -0.1) is 0 Å². The van der Waals surface area contributed by atoms with Crippen LogP contribution in [0.25, 0.3) is 0 Å². The number of benzene rings is 1. The Labute approximate surface area is 78.1 Å². The molecule has 1 rings (SSSR count). The van der Waals surface area contributed by atoms with Crippen LogP contribution in [0, 0.1) is 0 Å². The summed E-state index contributed by atoms with van der Waals surface area (Å²) in [6, 6.07) is 10.3. The van der Waals surface area contributed by atoms with E-state index < -0.39 is 0 Å². The molecule has 0 aliphatic rings. The highest BCUT2D eigenvalue weighted by molar-refractivity contribution is 7.78. The first kappa shape index (κ1) is 9.11. The number of nitrogens with zero attached hydrogens (tertiary/aromatic N) is 1. The van der Waals surface area contributed by atoms with Crippen molar-refractivity contribution >= 4 is 17.4 Å². The van der Waals surface area contributed by atoms with Crippen LogP contribution in [0.5, 0.6) is 0 Å². The maximum atomic E-state index is 4.58. The van der Waals surface area contributed by atoms with Gasteiger partial charge in [-0.3, -0.25) is 0 Å². The van der Waals surface area contributed by atoms with Crippen LogP contribution in [0.3, 0.4) is 0 Å². The van der Waals surface area contributed by atoms with Gasteiger partial charge in [-0.1, -0.05) is 37.3 Å². The lowest BCUT2D eigenvalue weighted by Crippen LogP contribution is -1.91. The van der Waals surface area contributed by atoms with Gasteiger partial charge in [0.05, 0.1) is 11.2 Å². The molecular formula is C10H11NS. The lowest BCUT2D eigenvalue weighted by molar-refractivity contribution is 0.706. The molecular weight excluding hydrogens is 166 g/mol. The summed E-state index contributed by atoms with van der Waals surface area (Å²) >= 11 is 4.58. The minimum Gasteiger partial charge on any atom is -0.224 e. The highest BCUT2D eigenvalue weighted by Crippen LogP contribution is 2.19. The second kappa shape index (κ2) is 4.81. The number of hydrogen-bond acceptors (Lipinski definition) is 2. The quantitative estimate of drug-likeness (QED) is 0.510. The fraction of sp³-hybridized carbons (Fsp3) is 0.300. The van der Waals surface area contributed by atoms with Crippen LogP contribution in [0.2, 0.25) is 0 Å². The Morgan fingerprint density at radius 3 is 2.58 bits per heavy atom. The van der Waals surface area contributed by atoms with E-state index in [9.17, 15) is 0 Å². The van der Waals surface area contributed by atoms with Crippen molar-refractivity contribution in [3.05, 3.63) is 35.9 Å². The Hall–Kier alpha value is -0.980. The summed E-state index contributed by atoms with van der Waals surface area (Å²) in [5.74, 6) is 0. The molecule has 0 saturated heterocycles. The van der Waals surface area contributed by atoms with E-state index in [0.29, 0.717) is 0 Å². The van der Waals surface area contributed by atoms with Crippen molar-refractivity contribution in [2.45, 2.75) is 19.4 Å². The molecule has 0 heterocycles. The van der Waals surface area contributed by atoms with Crippen molar-refractivity contribution in [2.24, 2.45) is 4.99 Å². The van der Waals surface area contributed by atoms with Gasteiger partial charge in [0.1, 0.15) is 0 Å². The minimum atomic E-state index is 0.184. The molecule has 0 unspecified atom stereocenters. The topological polar surface area (TPSA) is 12.4 Å². The van der Waals surface area contributed by atoms with Crippen LogP contribution in [0.4, 0.5) is 0 Å². The summed E-state index contributed by atoms with van der Waals surface area (Å²) in [4.78, 5) is 4.08. The maximum absolute atomic E-state index is 4.58. The summed E-state index contributed by atoms with van der Waals surface area (Å²) < 4.78 is 0. The molecule has 0 saturated carbocycles. The summed E-state index contributed by atoms with van der Waals surface area (Å²) in [5.41, 5.74) is 1.21. The Morgan fingerprint density at radius 1 is 1.42 bits per heavy atom. The molecule has 0 N–H and O–H groups in total. The average Bonchev–Trinajstić information content (AvgIpc) is 2.15. The Kier molecular flexibility index (Phi) is 3.65. The Morgan fingerprint density at radius 2 is 2.08 bits per heavy atom. The first-order valence-electron chi connectivity index (χ1n) is 4.00. The third kappa shape index (κ3) is 2.26. The fourth-order valence-corrected chi connectivity index (χ4v) is 1.27. The minimum absolute atomic E-state index is 0.184. The first-order chi connectivity index (χ1) is 5.88. The monoisotopic (exact) mass is 177 g/mol. The van der Waals surface area contributed by atoms with Crippen LogP contribution in [-0.4, -0.2) is 5.16 Å². The van der Waals surface area contributed by atoms with Crippen molar-refractivity contribution in [3.8, 4) is 0 Å². The zero-order valence-electron chi connectivity index (χ0n) is 7.03. The van der Waals surface area contributed by atoms with Crippen molar-refractivity contribution in [1.82, 2.24) is 0 Å². The molecule has 1 nitrogen and oxygen atoms in total. The van der Waals surface area contributed by atoms with E-state index in [2.05, 4.69) is 41.4 Å². The molecule has 1 aromatic carbocycles. The van der Waals surface area contributed by atoms with Crippen molar-refractivity contribution in [3.63, 3.8) is 0 Å². The molecule has 0 aromatic heterocycles. The van der Waals surface area contributed by atoms with Gasteiger partial charge < -0.3 is 0 Å². The van der Waals surface area contributed by atoms with Crippen LogP contribution < -0.4 is 0 Å². The van der Waals surface area contributed by atoms with Crippen molar-refractivity contribution < 1.29 is 0 Å². The summed E-state index contributed by atoms with van der Waals surface area (Å²) in [6.45, 7) is 2.09. The largest absolute Gasteiger partial charge is 0.224 e. The average molecular weight is 177 g/mol. The molecule has 2 heteroatoms. The van der Waals surface area contributed by atoms with Gasteiger partial charge in [0.15, 0.2) is 0 Å². The van der Waals surface area contributed by atoms with Gasteiger partial charge >= 0.3 is 0 Å². The zero-order valence-corrected chi connectivity index (χ0v) is 7.84. The predicted octanol–water partition coefficient (Wildman–Crippen LogP) is 3.24. The predicted molar refractivity (Wildman–Crippen MR) is 54.5 cm³/mol. The van der Waals surface area contributed by atoms with Gasteiger partial charge in [-0.25, -0.2) is 4.99 Å². The van der Waals surface area contributed by atoms with Crippen LogP contribution >= 0.6 is 12.2 Å². The molecule has 12 heavy (non-hydrogen) atoms. The van der Waals surface area contributed by atoms with E-state index >= 15 is 0 Å². The number of aliphatic imine (C=N–C) groups is 1. The number of hydrogen-bond donors (Lipinski definition) is 0. The molecule has 62 valence electrons. The molecule has 0 aliphatic heterocycles. The van der Waals surface area contributed by atoms with E-state index in [0.717, 1.165) is 6.42 Å². The van der Waals surface area contributed by atoms with E-state index in [4.69, 9.17) is 0 Å². The van der Waals surface area contributed by atoms with Crippen molar-refractivity contribution in [2.75, 3.05) is 0 Å². The van der Waals surface area contributed by atoms with Gasteiger partial charge in [-0.2, -0.15) is 0 Å². The standard InChI is InChI=1S/C10H11NS/c1-2-10(11-8-12)9-6-4-3-5-7-9/h3-7,10H,2H2,1H3/t10-/m0/s1. The Balaban J connectivity index is 2.87. The molecule has 0 amide bonds. The van der Waals surface area contributed by atoms with Crippen molar-refractivity contribution in [1.29, 1.82) is 0 Å². The summed E-state index contributed by atoms with van der Waals surface area (Å²) in [6.07, 6.45) is 0.966. The highest BCUT2D eigenvalue weighted by atomic mass is 32.1. The highest BCUT2D eigenvalue weighted by Gasteiger charge is 2.04. The molecule has 0 aliphatic carbocycles. The van der Waals surface area contributed by atoms with E-state index in [1.54, 1.807) is 0 Å². The number of thiocarbonyl (C=S) groups is 1. The molecule has 1 atom stereocenters. The van der Waals surface area contributed by atoms with Crippen LogP contribution in [0.15, 0.2) is 35.3 Å². The molecule has 0 bridgehead atoms. The number of isothiocyanates is 1. The van der Waals surface area contributed by atoms with Gasteiger partial charge in [0.2, 0.25) is 0 Å². The third-order valence-electron chi connectivity index (χ3n) is 1.78. The van der Waals surface area contributed by atoms with Gasteiger partial charge in [0.25, 0.3) is 0 Å². The van der Waals surface area contributed by atoms with Gasteiger partial charge in [0, 0.05) is 0 Å². The third-order valence-corrected chi connectivity index (χ3v) is 1.88. The molecule has 1 aromatic rings. The second-order valence-electron chi connectivity index (χ2n) is 2.56. The first-order valence-corrected chi connectivity index (χ1v) is 4.41. The smallest absolute Gasteiger partial charge is 0.0849 e. The number of rotatable bonds is 3. The molecule has 0 radical (unpaired) electrons. The lowest BCUT2D eigenvalue weighted by atomic mass is 10.1. The normalized spacial score (nSPS) is 11.8. The molecule has 0 fully saturated rings. The van der Waals surface area contributed by atoms with E-state index in [-0.39, 0.29) is 6.04 Å². The summed E-state index contributed by atoms with van der Waals surface area (Å²) in [5, 5.41) is 2.43. The SMILES string of the molecule is CC[C@H](N=C=S)c1ccccc1. The van der Waals surface area contributed by atoms with Crippen LogP contribution in [-0.2, 0) is 0 Å². The maximum Gasteiger partial charge on any atom is 0.0849 e. The molecule has 0 spiro atoms. The Bertz CT molecular complexity index is 275. The zero-order chi connectivity index (χ0) is 8.81. The summed E-state index contributed by atoms with van der Waals surface area (Å²) in [7, 11) is 0. The van der Waals surface area contributed by atoms with E-state index in [1.165, 1.54) is 5.56 Å². The fourth-order valence-electron chi connectivity index (χ4n) is 1.14. The van der Waals surface area contributed by atoms with E-state index in [1.807, 2.05) is 18.2 Å². The second-order valence-corrected chi connectivity index (χ2v) is 2.74. The van der Waals surface area contributed by atoms with Crippen LogP contribution in [0.1, 0.15) is 24.9 Å². The lowest BCUT2D eigenvalue weighted by Gasteiger charge is -2.06. The van der Waals surface area contributed by atoms with Gasteiger partial charge in [-0.05, 0) is 24.2 Å².